The third-order valence-corrected chi connectivity index (χ3v) is 5.62. The van der Waals surface area contributed by atoms with Crippen LogP contribution in [-0.4, -0.2) is 51.0 Å². The molecule has 0 saturated carbocycles. The largest absolute Gasteiger partial charge is 0.351 e. The third-order valence-electron chi connectivity index (χ3n) is 4.32. The number of nitrogens with one attached hydrogen (secondary N) is 1. The van der Waals surface area contributed by atoms with Crippen molar-refractivity contribution in [3.8, 4) is 0 Å². The smallest absolute Gasteiger partial charge is 0.194 e. The Morgan fingerprint density at radius 3 is 3.00 bits per heavy atom. The van der Waals surface area contributed by atoms with E-state index in [-0.39, 0.29) is 0 Å². The molecule has 3 rings (SSSR count). The molecule has 2 aliphatic rings. The van der Waals surface area contributed by atoms with Gasteiger partial charge in [0.2, 0.25) is 0 Å². The molecule has 122 valence electrons. The molecule has 0 atom stereocenters. The number of nitrogens with zero attached hydrogens (tertiary/aromatic N) is 4. The van der Waals surface area contributed by atoms with Crippen molar-refractivity contribution in [3.05, 3.63) is 17.7 Å². The van der Waals surface area contributed by atoms with Gasteiger partial charge in [0.1, 0.15) is 5.82 Å². The quantitative estimate of drug-likeness (QED) is 0.669. The zero-order valence-electron chi connectivity index (χ0n) is 13.9. The maximum atomic E-state index is 4.75. The van der Waals surface area contributed by atoms with Gasteiger partial charge in [0.05, 0.1) is 12.2 Å². The summed E-state index contributed by atoms with van der Waals surface area (Å²) in [6.45, 7) is 8.59. The third kappa shape index (κ3) is 3.59. The average Bonchev–Trinajstić information content (AvgIpc) is 2.89. The SMILES string of the molecule is CN=C(NCc1cn2c(n1)CCCC2)N1CCSC(C)(C)C1. The molecular formula is C16H27N5S. The molecule has 0 aliphatic carbocycles. The van der Waals surface area contributed by atoms with E-state index in [1.165, 1.54) is 18.7 Å². The molecule has 0 aromatic carbocycles. The Balaban J connectivity index is 1.60. The fourth-order valence-electron chi connectivity index (χ4n) is 3.26. The number of aliphatic imine (C=N–C) groups is 1. The first-order chi connectivity index (χ1) is 10.6. The van der Waals surface area contributed by atoms with Crippen LogP contribution in [0.15, 0.2) is 11.2 Å². The number of aryl methyl sites for hydroxylation is 2. The van der Waals surface area contributed by atoms with Crippen LogP contribution >= 0.6 is 11.8 Å². The van der Waals surface area contributed by atoms with Crippen molar-refractivity contribution < 1.29 is 0 Å². The van der Waals surface area contributed by atoms with Gasteiger partial charge < -0.3 is 14.8 Å². The van der Waals surface area contributed by atoms with Gasteiger partial charge in [0, 0.05) is 49.8 Å². The second-order valence-electron chi connectivity index (χ2n) is 6.73. The highest BCUT2D eigenvalue weighted by atomic mass is 32.2. The molecule has 6 heteroatoms. The summed E-state index contributed by atoms with van der Waals surface area (Å²) in [5.74, 6) is 3.40. The van der Waals surface area contributed by atoms with E-state index in [1.807, 2.05) is 18.8 Å². The number of hydrogen-bond acceptors (Lipinski definition) is 3. The Kier molecular flexibility index (Phi) is 4.66. The number of imidazole rings is 1. The molecule has 3 heterocycles. The lowest BCUT2D eigenvalue weighted by molar-refractivity contribution is 0.375. The van der Waals surface area contributed by atoms with Crippen molar-refractivity contribution in [3.63, 3.8) is 0 Å². The Hall–Kier alpha value is -1.17. The van der Waals surface area contributed by atoms with E-state index in [4.69, 9.17) is 4.98 Å². The van der Waals surface area contributed by atoms with Gasteiger partial charge in [-0.1, -0.05) is 0 Å². The summed E-state index contributed by atoms with van der Waals surface area (Å²) in [6.07, 6.45) is 5.86. The van der Waals surface area contributed by atoms with Crippen LogP contribution in [0.4, 0.5) is 0 Å². The fraction of sp³-hybridized carbons (Fsp3) is 0.750. The molecule has 0 amide bonds. The van der Waals surface area contributed by atoms with Crippen LogP contribution in [0.2, 0.25) is 0 Å². The van der Waals surface area contributed by atoms with E-state index in [1.54, 1.807) is 0 Å². The zero-order chi connectivity index (χ0) is 15.6. The minimum Gasteiger partial charge on any atom is -0.351 e. The van der Waals surface area contributed by atoms with Gasteiger partial charge in [-0.3, -0.25) is 4.99 Å². The van der Waals surface area contributed by atoms with Crippen LogP contribution in [0.1, 0.15) is 38.2 Å². The molecule has 2 aliphatic heterocycles. The Morgan fingerprint density at radius 1 is 1.41 bits per heavy atom. The van der Waals surface area contributed by atoms with E-state index in [0.717, 1.165) is 50.0 Å². The number of hydrogen-bond donors (Lipinski definition) is 1. The van der Waals surface area contributed by atoms with Gasteiger partial charge in [0.25, 0.3) is 0 Å². The predicted molar refractivity (Wildman–Crippen MR) is 93.5 cm³/mol. The Bertz CT molecular complexity index is 525. The van der Waals surface area contributed by atoms with Crippen molar-refractivity contribution in [2.24, 2.45) is 4.99 Å². The molecule has 0 unspecified atom stereocenters. The molecular weight excluding hydrogens is 294 g/mol. The summed E-state index contributed by atoms with van der Waals surface area (Å²) in [5.41, 5.74) is 1.13. The highest BCUT2D eigenvalue weighted by Gasteiger charge is 2.28. The van der Waals surface area contributed by atoms with Crippen LogP contribution in [0.25, 0.3) is 0 Å². The summed E-state index contributed by atoms with van der Waals surface area (Å²) in [4.78, 5) is 11.6. The number of aromatic nitrogens is 2. The summed E-state index contributed by atoms with van der Waals surface area (Å²) in [6, 6.07) is 0. The monoisotopic (exact) mass is 321 g/mol. The van der Waals surface area contributed by atoms with E-state index in [2.05, 4.69) is 39.8 Å². The van der Waals surface area contributed by atoms with Gasteiger partial charge in [0.15, 0.2) is 5.96 Å². The fourth-order valence-corrected chi connectivity index (χ4v) is 4.37. The summed E-state index contributed by atoms with van der Waals surface area (Å²) in [7, 11) is 1.87. The standard InChI is InChI=1S/C16H27N5S/c1-16(2)12-21(8-9-22-16)15(17-3)18-10-13-11-20-7-5-4-6-14(20)19-13/h11H,4-10,12H2,1-3H3,(H,17,18). The second-order valence-corrected chi connectivity index (χ2v) is 8.53. The molecule has 1 N–H and O–H groups in total. The van der Waals surface area contributed by atoms with Crippen molar-refractivity contribution >= 4 is 17.7 Å². The Labute approximate surface area is 137 Å². The van der Waals surface area contributed by atoms with Gasteiger partial charge in [-0.05, 0) is 26.7 Å². The molecule has 5 nitrogen and oxygen atoms in total. The molecule has 1 aromatic rings. The Morgan fingerprint density at radius 2 is 2.27 bits per heavy atom. The molecule has 0 radical (unpaired) electrons. The predicted octanol–water partition coefficient (Wildman–Crippen LogP) is 2.12. The van der Waals surface area contributed by atoms with Gasteiger partial charge >= 0.3 is 0 Å². The number of fused-ring (bicyclic) bond motifs is 1. The van der Waals surface area contributed by atoms with E-state index < -0.39 is 0 Å². The van der Waals surface area contributed by atoms with Crippen LogP contribution in [-0.2, 0) is 19.5 Å². The van der Waals surface area contributed by atoms with Gasteiger partial charge in [-0.25, -0.2) is 4.98 Å². The average molecular weight is 321 g/mol. The minimum absolute atomic E-state index is 0.295. The minimum atomic E-state index is 0.295. The maximum Gasteiger partial charge on any atom is 0.194 e. The van der Waals surface area contributed by atoms with Crippen LogP contribution in [0, 0.1) is 0 Å². The maximum absolute atomic E-state index is 4.75. The lowest BCUT2D eigenvalue weighted by atomic mass is 10.2. The van der Waals surface area contributed by atoms with Crippen LogP contribution in [0.5, 0.6) is 0 Å². The zero-order valence-corrected chi connectivity index (χ0v) is 14.7. The first-order valence-corrected chi connectivity index (χ1v) is 9.20. The summed E-state index contributed by atoms with van der Waals surface area (Å²) >= 11 is 2.04. The van der Waals surface area contributed by atoms with Crippen molar-refractivity contribution in [1.82, 2.24) is 19.8 Å². The normalized spacial score (nSPS) is 21.6. The highest BCUT2D eigenvalue weighted by Crippen LogP contribution is 2.29. The summed E-state index contributed by atoms with van der Waals surface area (Å²) in [5, 5.41) is 3.49. The second kappa shape index (κ2) is 6.52. The molecule has 1 fully saturated rings. The molecule has 0 bridgehead atoms. The topological polar surface area (TPSA) is 45.5 Å². The number of thioether (sulfide) groups is 1. The van der Waals surface area contributed by atoms with E-state index in [9.17, 15) is 0 Å². The number of rotatable bonds is 2. The van der Waals surface area contributed by atoms with Crippen molar-refractivity contribution in [2.45, 2.75) is 50.9 Å². The van der Waals surface area contributed by atoms with Crippen molar-refractivity contribution in [2.75, 3.05) is 25.9 Å². The van der Waals surface area contributed by atoms with E-state index >= 15 is 0 Å². The molecule has 22 heavy (non-hydrogen) atoms. The molecule has 0 spiro atoms. The van der Waals surface area contributed by atoms with Crippen LogP contribution < -0.4 is 5.32 Å². The molecule has 1 saturated heterocycles. The van der Waals surface area contributed by atoms with Crippen LogP contribution in [0.3, 0.4) is 0 Å². The van der Waals surface area contributed by atoms with Crippen molar-refractivity contribution in [1.29, 1.82) is 0 Å². The van der Waals surface area contributed by atoms with Gasteiger partial charge in [-0.2, -0.15) is 11.8 Å². The van der Waals surface area contributed by atoms with Gasteiger partial charge in [-0.15, -0.1) is 0 Å². The molecule has 1 aromatic heterocycles. The number of guanidine groups is 1. The first kappa shape index (κ1) is 15.7. The highest BCUT2D eigenvalue weighted by molar-refractivity contribution is 8.00. The lowest BCUT2D eigenvalue weighted by Gasteiger charge is -2.39. The first-order valence-electron chi connectivity index (χ1n) is 8.22. The summed E-state index contributed by atoms with van der Waals surface area (Å²) < 4.78 is 2.60. The lowest BCUT2D eigenvalue weighted by Crippen LogP contribution is -2.50. The van der Waals surface area contributed by atoms with E-state index in [0.29, 0.717) is 4.75 Å².